The van der Waals surface area contributed by atoms with Crippen LogP contribution in [0.3, 0.4) is 0 Å². The highest BCUT2D eigenvalue weighted by molar-refractivity contribution is 5.44. The quantitative estimate of drug-likeness (QED) is 0.873. The second kappa shape index (κ2) is 7.61. The predicted molar refractivity (Wildman–Crippen MR) is 94.3 cm³/mol. The van der Waals surface area contributed by atoms with Crippen molar-refractivity contribution in [2.45, 2.75) is 33.4 Å². The van der Waals surface area contributed by atoms with E-state index in [4.69, 9.17) is 9.72 Å². The van der Waals surface area contributed by atoms with Gasteiger partial charge in [0.05, 0.1) is 19.5 Å². The zero-order chi connectivity index (χ0) is 16.9. The number of hydrogen-bond donors (Lipinski definition) is 1. The number of ether oxygens (including phenoxy) is 1. The smallest absolute Gasteiger partial charge is 0.227 e. The Labute approximate surface area is 143 Å². The molecule has 1 unspecified atom stereocenters. The first kappa shape index (κ1) is 16.7. The number of nitrogens with one attached hydrogen (secondary N) is 1. The van der Waals surface area contributed by atoms with Gasteiger partial charge in [0, 0.05) is 49.8 Å². The van der Waals surface area contributed by atoms with Crippen molar-refractivity contribution in [1.29, 1.82) is 0 Å². The summed E-state index contributed by atoms with van der Waals surface area (Å²) in [7, 11) is 0. The number of anilines is 2. The van der Waals surface area contributed by atoms with Crippen LogP contribution in [0.5, 0.6) is 0 Å². The lowest BCUT2D eigenvalue weighted by Gasteiger charge is -2.28. The van der Waals surface area contributed by atoms with Gasteiger partial charge in [0.15, 0.2) is 0 Å². The Hall–Kier alpha value is -2.15. The van der Waals surface area contributed by atoms with Gasteiger partial charge in [-0.05, 0) is 12.8 Å². The highest BCUT2D eigenvalue weighted by atomic mass is 16.5. The van der Waals surface area contributed by atoms with Crippen LogP contribution in [0.25, 0.3) is 0 Å². The Morgan fingerprint density at radius 2 is 2.04 bits per heavy atom. The van der Waals surface area contributed by atoms with Crippen molar-refractivity contribution in [1.82, 2.24) is 19.5 Å². The molecule has 24 heavy (non-hydrogen) atoms. The van der Waals surface area contributed by atoms with Crippen LogP contribution in [0.2, 0.25) is 0 Å². The van der Waals surface area contributed by atoms with E-state index in [9.17, 15) is 0 Å². The number of aryl methyl sites for hydroxylation is 1. The van der Waals surface area contributed by atoms with Gasteiger partial charge in [-0.25, -0.2) is 9.97 Å². The van der Waals surface area contributed by atoms with Crippen LogP contribution in [0.15, 0.2) is 24.8 Å². The molecule has 0 aliphatic carbocycles. The van der Waals surface area contributed by atoms with E-state index in [1.165, 1.54) is 0 Å². The van der Waals surface area contributed by atoms with E-state index in [2.05, 4.69) is 38.6 Å². The number of rotatable bonds is 6. The Balaban J connectivity index is 1.75. The highest BCUT2D eigenvalue weighted by Crippen LogP contribution is 2.18. The van der Waals surface area contributed by atoms with Crippen LogP contribution in [0, 0.1) is 12.8 Å². The molecule has 130 valence electrons. The second-order valence-electron chi connectivity index (χ2n) is 6.55. The number of hydrogen-bond acceptors (Lipinski definition) is 6. The summed E-state index contributed by atoms with van der Waals surface area (Å²) in [5, 5.41) is 3.58. The van der Waals surface area contributed by atoms with Crippen molar-refractivity contribution in [2.24, 2.45) is 5.92 Å². The Morgan fingerprint density at radius 1 is 1.25 bits per heavy atom. The lowest BCUT2D eigenvalue weighted by molar-refractivity contribution is 0.122. The normalized spacial score (nSPS) is 16.4. The van der Waals surface area contributed by atoms with E-state index in [1.807, 2.05) is 31.7 Å². The first-order valence-corrected chi connectivity index (χ1v) is 8.52. The Morgan fingerprint density at radius 3 is 2.71 bits per heavy atom. The Kier molecular flexibility index (Phi) is 5.30. The van der Waals surface area contributed by atoms with Gasteiger partial charge in [-0.3, -0.25) is 0 Å². The lowest BCUT2D eigenvalue weighted by atomic mass is 10.0. The van der Waals surface area contributed by atoms with Gasteiger partial charge in [0.1, 0.15) is 5.82 Å². The zero-order valence-electron chi connectivity index (χ0n) is 14.6. The van der Waals surface area contributed by atoms with Gasteiger partial charge in [-0.2, -0.15) is 4.98 Å². The van der Waals surface area contributed by atoms with E-state index >= 15 is 0 Å². The predicted octanol–water partition coefficient (Wildman–Crippen LogP) is 1.95. The Bertz CT molecular complexity index is 637. The summed E-state index contributed by atoms with van der Waals surface area (Å²) in [5.41, 5.74) is 0.971. The van der Waals surface area contributed by atoms with Crippen molar-refractivity contribution < 1.29 is 4.74 Å². The van der Waals surface area contributed by atoms with Crippen molar-refractivity contribution in [2.75, 3.05) is 36.5 Å². The maximum atomic E-state index is 5.41. The first-order chi connectivity index (χ1) is 11.6. The average Bonchev–Trinajstić information content (AvgIpc) is 3.07. The third-order valence-electron chi connectivity index (χ3n) is 4.24. The molecule has 1 aliphatic rings. The molecule has 2 aromatic heterocycles. The van der Waals surface area contributed by atoms with E-state index in [1.54, 1.807) is 0 Å². The van der Waals surface area contributed by atoms with Crippen LogP contribution in [0.1, 0.15) is 19.5 Å². The molecule has 1 saturated heterocycles. The summed E-state index contributed by atoms with van der Waals surface area (Å²) in [6.07, 6.45) is 5.64. The molecule has 0 bridgehead atoms. The standard InChI is InChI=1S/C17H26N6O/c1-13(2)15(11-22-5-4-18-12-22)20-16-10-14(3)19-17(21-16)23-6-8-24-9-7-23/h4-5,10,12-13,15H,6-9,11H2,1-3H3,(H,19,20,21). The summed E-state index contributed by atoms with van der Waals surface area (Å²) in [6, 6.07) is 2.28. The van der Waals surface area contributed by atoms with E-state index in [-0.39, 0.29) is 6.04 Å². The summed E-state index contributed by atoms with van der Waals surface area (Å²) >= 11 is 0. The van der Waals surface area contributed by atoms with Crippen molar-refractivity contribution in [3.63, 3.8) is 0 Å². The van der Waals surface area contributed by atoms with Gasteiger partial charge in [-0.1, -0.05) is 13.8 Å². The van der Waals surface area contributed by atoms with Crippen molar-refractivity contribution in [3.05, 3.63) is 30.5 Å². The number of aromatic nitrogens is 4. The largest absolute Gasteiger partial charge is 0.378 e. The molecule has 0 radical (unpaired) electrons. The minimum atomic E-state index is 0.269. The highest BCUT2D eigenvalue weighted by Gasteiger charge is 2.18. The van der Waals surface area contributed by atoms with E-state index in [0.717, 1.165) is 50.3 Å². The molecule has 1 fully saturated rings. The molecule has 3 heterocycles. The molecular formula is C17H26N6O. The van der Waals surface area contributed by atoms with Gasteiger partial charge in [0.2, 0.25) is 5.95 Å². The number of morpholine rings is 1. The van der Waals surface area contributed by atoms with Crippen LogP contribution in [0.4, 0.5) is 11.8 Å². The van der Waals surface area contributed by atoms with Gasteiger partial charge >= 0.3 is 0 Å². The average molecular weight is 330 g/mol. The molecular weight excluding hydrogens is 304 g/mol. The number of imidazole rings is 1. The zero-order valence-corrected chi connectivity index (χ0v) is 14.6. The molecule has 7 nitrogen and oxygen atoms in total. The van der Waals surface area contributed by atoms with Gasteiger partial charge < -0.3 is 19.5 Å². The third kappa shape index (κ3) is 4.23. The van der Waals surface area contributed by atoms with Gasteiger partial charge in [-0.15, -0.1) is 0 Å². The molecule has 3 rings (SSSR count). The fourth-order valence-electron chi connectivity index (χ4n) is 2.77. The molecule has 1 atom stereocenters. The minimum absolute atomic E-state index is 0.269. The topological polar surface area (TPSA) is 68.1 Å². The summed E-state index contributed by atoms with van der Waals surface area (Å²) in [6.45, 7) is 10.4. The summed E-state index contributed by atoms with van der Waals surface area (Å²) in [4.78, 5) is 15.6. The summed E-state index contributed by atoms with van der Waals surface area (Å²) in [5.74, 6) is 2.13. The summed E-state index contributed by atoms with van der Waals surface area (Å²) < 4.78 is 7.51. The molecule has 0 spiro atoms. The maximum Gasteiger partial charge on any atom is 0.227 e. The van der Waals surface area contributed by atoms with Crippen molar-refractivity contribution >= 4 is 11.8 Å². The molecule has 1 N–H and O–H groups in total. The maximum absolute atomic E-state index is 5.41. The fourth-order valence-corrected chi connectivity index (χ4v) is 2.77. The van der Waals surface area contributed by atoms with Crippen LogP contribution < -0.4 is 10.2 Å². The second-order valence-corrected chi connectivity index (χ2v) is 6.55. The van der Waals surface area contributed by atoms with Crippen LogP contribution in [-0.2, 0) is 11.3 Å². The minimum Gasteiger partial charge on any atom is -0.378 e. The lowest BCUT2D eigenvalue weighted by Crippen LogP contribution is -2.38. The van der Waals surface area contributed by atoms with E-state index in [0.29, 0.717) is 5.92 Å². The SMILES string of the molecule is Cc1cc(NC(Cn2ccnc2)C(C)C)nc(N2CCOCC2)n1. The molecule has 0 amide bonds. The monoisotopic (exact) mass is 330 g/mol. The molecule has 7 heteroatoms. The van der Waals surface area contributed by atoms with Crippen LogP contribution >= 0.6 is 0 Å². The first-order valence-electron chi connectivity index (χ1n) is 8.52. The molecule has 0 aromatic carbocycles. The fraction of sp³-hybridized carbons (Fsp3) is 0.588. The molecule has 0 saturated carbocycles. The molecule has 1 aliphatic heterocycles. The van der Waals surface area contributed by atoms with Crippen molar-refractivity contribution in [3.8, 4) is 0 Å². The molecule has 2 aromatic rings. The number of nitrogens with zero attached hydrogens (tertiary/aromatic N) is 5. The van der Waals surface area contributed by atoms with E-state index < -0.39 is 0 Å². The third-order valence-corrected chi connectivity index (χ3v) is 4.24. The van der Waals surface area contributed by atoms with Crippen LogP contribution in [-0.4, -0.2) is 51.9 Å². The van der Waals surface area contributed by atoms with Gasteiger partial charge in [0.25, 0.3) is 0 Å².